The molecule has 2 aromatic carbocycles. The Bertz CT molecular complexity index is 860. The zero-order chi connectivity index (χ0) is 15.5. The fourth-order valence-electron chi connectivity index (χ4n) is 2.02. The molecule has 112 valence electrons. The van der Waals surface area contributed by atoms with Crippen molar-refractivity contribution >= 4 is 34.1 Å². The van der Waals surface area contributed by atoms with Gasteiger partial charge in [-0.05, 0) is 24.3 Å². The summed E-state index contributed by atoms with van der Waals surface area (Å²) in [6, 6.07) is 12.2. The Labute approximate surface area is 136 Å². The molecule has 5 nitrogen and oxygen atoms in total. The fraction of sp³-hybridized carbons (Fsp3) is 0.133. The van der Waals surface area contributed by atoms with Crippen LogP contribution >= 0.6 is 23.2 Å². The minimum absolute atomic E-state index is 0.205. The summed E-state index contributed by atoms with van der Waals surface area (Å²) in [6.07, 6.45) is 0. The molecule has 3 aromatic rings. The van der Waals surface area contributed by atoms with E-state index >= 15 is 0 Å². The zero-order valence-electron chi connectivity index (χ0n) is 11.4. The molecule has 0 aliphatic rings. The highest BCUT2D eigenvalue weighted by molar-refractivity contribution is 6.37. The lowest BCUT2D eigenvalue weighted by molar-refractivity contribution is 0.286. The minimum Gasteiger partial charge on any atom is -0.489 e. The van der Waals surface area contributed by atoms with Crippen molar-refractivity contribution < 1.29 is 4.74 Å². The quantitative estimate of drug-likeness (QED) is 0.734. The van der Waals surface area contributed by atoms with Crippen molar-refractivity contribution in [1.29, 1.82) is 0 Å². The monoisotopic (exact) mass is 335 g/mol. The number of halogens is 2. The lowest BCUT2D eigenvalue weighted by Crippen LogP contribution is -2.26. The Balaban J connectivity index is 1.77. The van der Waals surface area contributed by atoms with Gasteiger partial charge < -0.3 is 4.74 Å². The standard InChI is InChI=1S/C15H11Cl2N3O2/c16-11-5-3-6-12(17)14(11)22-9-8-20-15(21)10-4-1-2-7-13(10)18-19-20/h1-7H,8-9H2. The molecule has 0 saturated carbocycles. The first-order valence-electron chi connectivity index (χ1n) is 6.56. The molecule has 0 fully saturated rings. The van der Waals surface area contributed by atoms with E-state index in [0.29, 0.717) is 26.7 Å². The number of fused-ring (bicyclic) bond motifs is 1. The Morgan fingerprint density at radius 3 is 2.55 bits per heavy atom. The maximum Gasteiger partial charge on any atom is 0.277 e. The van der Waals surface area contributed by atoms with Gasteiger partial charge in [0, 0.05) is 0 Å². The molecule has 0 atom stereocenters. The number of hydrogen-bond acceptors (Lipinski definition) is 4. The fourth-order valence-corrected chi connectivity index (χ4v) is 2.53. The van der Waals surface area contributed by atoms with E-state index in [1.807, 2.05) is 6.07 Å². The highest BCUT2D eigenvalue weighted by atomic mass is 35.5. The second kappa shape index (κ2) is 6.34. The number of ether oxygens (including phenoxy) is 1. The Morgan fingerprint density at radius 2 is 1.77 bits per heavy atom. The maximum absolute atomic E-state index is 12.3. The topological polar surface area (TPSA) is 57.0 Å². The third-order valence-corrected chi connectivity index (χ3v) is 3.69. The smallest absolute Gasteiger partial charge is 0.277 e. The summed E-state index contributed by atoms with van der Waals surface area (Å²) < 4.78 is 6.80. The van der Waals surface area contributed by atoms with Crippen LogP contribution in [-0.2, 0) is 6.54 Å². The van der Waals surface area contributed by atoms with Gasteiger partial charge in [-0.1, -0.05) is 46.6 Å². The molecule has 0 bridgehead atoms. The van der Waals surface area contributed by atoms with Crippen molar-refractivity contribution in [2.45, 2.75) is 6.54 Å². The van der Waals surface area contributed by atoms with Crippen LogP contribution in [0.5, 0.6) is 5.75 Å². The second-order valence-electron chi connectivity index (χ2n) is 4.53. The van der Waals surface area contributed by atoms with Crippen LogP contribution in [-0.4, -0.2) is 21.6 Å². The molecule has 1 aromatic heterocycles. The molecule has 22 heavy (non-hydrogen) atoms. The normalized spacial score (nSPS) is 10.8. The van der Waals surface area contributed by atoms with Gasteiger partial charge in [-0.25, -0.2) is 4.68 Å². The van der Waals surface area contributed by atoms with Gasteiger partial charge in [0.1, 0.15) is 12.1 Å². The summed E-state index contributed by atoms with van der Waals surface area (Å²) in [5, 5.41) is 9.26. The van der Waals surface area contributed by atoms with Gasteiger partial charge in [-0.2, -0.15) is 0 Å². The average Bonchev–Trinajstić information content (AvgIpc) is 2.52. The van der Waals surface area contributed by atoms with Gasteiger partial charge >= 0.3 is 0 Å². The molecular weight excluding hydrogens is 325 g/mol. The predicted octanol–water partition coefficient (Wildman–Crippen LogP) is 3.18. The van der Waals surface area contributed by atoms with E-state index in [1.54, 1.807) is 36.4 Å². The summed E-state index contributed by atoms with van der Waals surface area (Å²) >= 11 is 12.0. The van der Waals surface area contributed by atoms with Crippen LogP contribution < -0.4 is 10.3 Å². The Kier molecular flexibility index (Phi) is 4.27. The first-order valence-corrected chi connectivity index (χ1v) is 7.32. The number of para-hydroxylation sites is 1. The summed E-state index contributed by atoms with van der Waals surface area (Å²) in [6.45, 7) is 0.453. The lowest BCUT2D eigenvalue weighted by Gasteiger charge is -2.10. The van der Waals surface area contributed by atoms with Gasteiger partial charge in [0.05, 0.1) is 22.0 Å². The van der Waals surface area contributed by atoms with E-state index in [-0.39, 0.29) is 18.7 Å². The van der Waals surface area contributed by atoms with Crippen molar-refractivity contribution in [2.24, 2.45) is 0 Å². The van der Waals surface area contributed by atoms with Crippen molar-refractivity contribution in [3.8, 4) is 5.75 Å². The highest BCUT2D eigenvalue weighted by Crippen LogP contribution is 2.32. The maximum atomic E-state index is 12.3. The van der Waals surface area contributed by atoms with E-state index in [2.05, 4.69) is 10.3 Å². The summed E-state index contributed by atoms with van der Waals surface area (Å²) in [7, 11) is 0. The molecule has 0 unspecified atom stereocenters. The zero-order valence-corrected chi connectivity index (χ0v) is 12.9. The van der Waals surface area contributed by atoms with Crippen LogP contribution in [0.2, 0.25) is 10.0 Å². The SMILES string of the molecule is O=c1c2ccccc2nnn1CCOc1c(Cl)cccc1Cl. The van der Waals surface area contributed by atoms with Crippen molar-refractivity contribution in [3.63, 3.8) is 0 Å². The molecule has 0 N–H and O–H groups in total. The Morgan fingerprint density at radius 1 is 1.05 bits per heavy atom. The summed E-state index contributed by atoms with van der Waals surface area (Å²) in [5.41, 5.74) is 0.360. The molecule has 3 rings (SSSR count). The molecule has 0 aliphatic heterocycles. The molecule has 0 amide bonds. The number of nitrogens with zero attached hydrogens (tertiary/aromatic N) is 3. The number of benzene rings is 2. The van der Waals surface area contributed by atoms with Crippen molar-refractivity contribution in [1.82, 2.24) is 15.0 Å². The van der Waals surface area contributed by atoms with Crippen LogP contribution in [0.25, 0.3) is 10.9 Å². The van der Waals surface area contributed by atoms with E-state index in [4.69, 9.17) is 27.9 Å². The van der Waals surface area contributed by atoms with Crippen LogP contribution in [0.3, 0.4) is 0 Å². The third-order valence-electron chi connectivity index (χ3n) is 3.10. The van der Waals surface area contributed by atoms with Gasteiger partial charge in [0.25, 0.3) is 5.56 Å². The summed E-state index contributed by atoms with van der Waals surface area (Å²) in [5.74, 6) is 0.396. The van der Waals surface area contributed by atoms with E-state index in [0.717, 1.165) is 0 Å². The minimum atomic E-state index is -0.209. The molecule has 7 heteroatoms. The van der Waals surface area contributed by atoms with Crippen molar-refractivity contribution in [2.75, 3.05) is 6.61 Å². The third kappa shape index (κ3) is 2.91. The highest BCUT2D eigenvalue weighted by Gasteiger charge is 2.08. The Hall–Kier alpha value is -2.11. The number of aromatic nitrogens is 3. The van der Waals surface area contributed by atoms with Gasteiger partial charge in [-0.15, -0.1) is 5.10 Å². The molecule has 0 saturated heterocycles. The molecule has 0 spiro atoms. The first-order chi connectivity index (χ1) is 10.7. The first kappa shape index (κ1) is 14.8. The van der Waals surface area contributed by atoms with E-state index in [1.165, 1.54) is 4.68 Å². The molecule has 1 heterocycles. The van der Waals surface area contributed by atoms with Crippen LogP contribution in [0.1, 0.15) is 0 Å². The number of hydrogen-bond donors (Lipinski definition) is 0. The average molecular weight is 336 g/mol. The van der Waals surface area contributed by atoms with Gasteiger partial charge in [0.15, 0.2) is 5.75 Å². The van der Waals surface area contributed by atoms with Gasteiger partial charge in [0.2, 0.25) is 0 Å². The van der Waals surface area contributed by atoms with Crippen LogP contribution in [0.15, 0.2) is 47.3 Å². The molecular formula is C15H11Cl2N3O2. The number of rotatable bonds is 4. The van der Waals surface area contributed by atoms with Gasteiger partial charge in [-0.3, -0.25) is 4.79 Å². The van der Waals surface area contributed by atoms with Crippen LogP contribution in [0, 0.1) is 0 Å². The predicted molar refractivity (Wildman–Crippen MR) is 85.8 cm³/mol. The van der Waals surface area contributed by atoms with Crippen molar-refractivity contribution in [3.05, 3.63) is 62.9 Å². The van der Waals surface area contributed by atoms with E-state index in [9.17, 15) is 4.79 Å². The summed E-state index contributed by atoms with van der Waals surface area (Å²) in [4.78, 5) is 12.3. The van der Waals surface area contributed by atoms with Crippen LogP contribution in [0.4, 0.5) is 0 Å². The molecule has 0 aliphatic carbocycles. The lowest BCUT2D eigenvalue weighted by atomic mass is 10.2. The van der Waals surface area contributed by atoms with E-state index < -0.39 is 0 Å². The largest absolute Gasteiger partial charge is 0.489 e. The molecule has 0 radical (unpaired) electrons. The second-order valence-corrected chi connectivity index (χ2v) is 5.35.